The molecular formula is C27H36ClN5O5S2. The summed E-state index contributed by atoms with van der Waals surface area (Å²) in [5.74, 6) is -0.952. The van der Waals surface area contributed by atoms with Crippen molar-refractivity contribution in [1.29, 1.82) is 0 Å². The third kappa shape index (κ3) is 9.12. The molecule has 2 aromatic rings. The average Bonchev–Trinajstić information content (AvgIpc) is 3.32. The number of carbonyl (C=O) groups excluding carboxylic acids is 3. The molecule has 0 unspecified atom stereocenters. The summed E-state index contributed by atoms with van der Waals surface area (Å²) in [5, 5.41) is 9.77. The molecule has 1 aliphatic heterocycles. The van der Waals surface area contributed by atoms with Crippen LogP contribution >= 0.6 is 22.9 Å². The van der Waals surface area contributed by atoms with Gasteiger partial charge in [0.15, 0.2) is 9.84 Å². The van der Waals surface area contributed by atoms with Crippen LogP contribution in [0, 0.1) is 0 Å². The summed E-state index contributed by atoms with van der Waals surface area (Å²) in [6, 6.07) is 3.91. The van der Waals surface area contributed by atoms with Crippen LogP contribution in [0.3, 0.4) is 0 Å². The number of amides is 3. The van der Waals surface area contributed by atoms with Gasteiger partial charge in [-0.15, -0.1) is 11.3 Å². The number of benzene rings is 1. The first-order valence-electron chi connectivity index (χ1n) is 13.1. The maximum absolute atomic E-state index is 13.4. The van der Waals surface area contributed by atoms with Gasteiger partial charge in [-0.1, -0.05) is 44.2 Å². The Morgan fingerprint density at radius 3 is 2.45 bits per heavy atom. The summed E-state index contributed by atoms with van der Waals surface area (Å²) in [5.41, 5.74) is 1.77. The van der Waals surface area contributed by atoms with Crippen LogP contribution in [0.25, 0.3) is 10.2 Å². The molecular weight excluding hydrogens is 574 g/mol. The number of fused-ring (bicyclic) bond motifs is 1. The number of nitrogens with one attached hydrogen (secondary N) is 3. The van der Waals surface area contributed by atoms with Crippen molar-refractivity contribution in [3.05, 3.63) is 52.5 Å². The molecule has 1 aromatic heterocycles. The highest BCUT2D eigenvalue weighted by Gasteiger charge is 2.27. The predicted molar refractivity (Wildman–Crippen MR) is 159 cm³/mol. The van der Waals surface area contributed by atoms with Gasteiger partial charge in [0, 0.05) is 49.6 Å². The van der Waals surface area contributed by atoms with E-state index in [4.69, 9.17) is 11.6 Å². The Labute approximate surface area is 244 Å². The molecule has 218 valence electrons. The molecule has 1 saturated heterocycles. The number of thiazole rings is 1. The normalized spacial score (nSPS) is 16.6. The van der Waals surface area contributed by atoms with Crippen molar-refractivity contribution in [3.8, 4) is 0 Å². The van der Waals surface area contributed by atoms with E-state index in [9.17, 15) is 22.8 Å². The van der Waals surface area contributed by atoms with Crippen molar-refractivity contribution in [1.82, 2.24) is 25.8 Å². The molecule has 0 saturated carbocycles. The Hall–Kier alpha value is -2.80. The monoisotopic (exact) mass is 609 g/mol. The Morgan fingerprint density at radius 1 is 1.10 bits per heavy atom. The van der Waals surface area contributed by atoms with E-state index in [0.29, 0.717) is 40.7 Å². The van der Waals surface area contributed by atoms with Crippen molar-refractivity contribution in [2.45, 2.75) is 45.2 Å². The van der Waals surface area contributed by atoms with Crippen molar-refractivity contribution < 1.29 is 22.8 Å². The maximum Gasteiger partial charge on any atom is 0.248 e. The lowest BCUT2D eigenvalue weighted by Gasteiger charge is -2.27. The van der Waals surface area contributed by atoms with Crippen LogP contribution in [0.4, 0.5) is 0 Å². The summed E-state index contributed by atoms with van der Waals surface area (Å²) in [4.78, 5) is 44.9. The van der Waals surface area contributed by atoms with E-state index in [1.54, 1.807) is 13.0 Å². The van der Waals surface area contributed by atoms with Crippen molar-refractivity contribution in [3.63, 3.8) is 0 Å². The summed E-state index contributed by atoms with van der Waals surface area (Å²) in [6.07, 6.45) is 0.967. The smallest absolute Gasteiger partial charge is 0.248 e. The second-order valence-corrected chi connectivity index (χ2v) is 13.6. The van der Waals surface area contributed by atoms with Crippen LogP contribution in [0.1, 0.15) is 31.7 Å². The standard InChI is InChI=1S/C27H36ClN5O5S2/c1-5-17(3)22(15-29-26(35)18(4)16-33-9-11-40(37,38)12-10-33)32-27(36)21(30-24(34)6-2)14-25-31-20-8-7-19(28)13-23(20)39-25/h7-8,13,21-22H,3-6,9-12,14-16H2,1-2H3,(H,29,35)(H,30,34)(H,32,36)/t21-,22+/m0/s1. The molecule has 0 bridgehead atoms. The molecule has 40 heavy (non-hydrogen) atoms. The van der Waals surface area contributed by atoms with Crippen LogP contribution in [-0.2, 0) is 30.6 Å². The number of aromatic nitrogens is 1. The highest BCUT2D eigenvalue weighted by atomic mass is 35.5. The number of sulfone groups is 1. The molecule has 1 aliphatic rings. The number of halogens is 1. The van der Waals surface area contributed by atoms with Crippen LogP contribution in [0.2, 0.25) is 5.02 Å². The maximum atomic E-state index is 13.4. The van der Waals surface area contributed by atoms with Gasteiger partial charge >= 0.3 is 0 Å². The van der Waals surface area contributed by atoms with Gasteiger partial charge in [-0.3, -0.25) is 19.3 Å². The van der Waals surface area contributed by atoms with E-state index in [1.807, 2.05) is 24.0 Å². The number of hydrogen-bond acceptors (Lipinski definition) is 8. The largest absolute Gasteiger partial charge is 0.350 e. The summed E-state index contributed by atoms with van der Waals surface area (Å²) in [6.45, 7) is 12.6. The summed E-state index contributed by atoms with van der Waals surface area (Å²) < 4.78 is 24.2. The van der Waals surface area contributed by atoms with Gasteiger partial charge < -0.3 is 16.0 Å². The fraction of sp³-hybridized carbons (Fsp3) is 0.481. The lowest BCUT2D eigenvalue weighted by Crippen LogP contribution is -2.53. The van der Waals surface area contributed by atoms with E-state index >= 15 is 0 Å². The third-order valence-corrected chi connectivity index (χ3v) is 9.53. The van der Waals surface area contributed by atoms with E-state index < -0.39 is 27.8 Å². The first-order valence-corrected chi connectivity index (χ1v) is 16.1. The van der Waals surface area contributed by atoms with E-state index in [0.717, 1.165) is 10.2 Å². The average molecular weight is 610 g/mol. The Morgan fingerprint density at radius 2 is 1.80 bits per heavy atom. The summed E-state index contributed by atoms with van der Waals surface area (Å²) >= 11 is 7.50. The Bertz CT molecular complexity index is 1380. The topological polar surface area (TPSA) is 138 Å². The van der Waals surface area contributed by atoms with Crippen molar-refractivity contribution >= 4 is 60.7 Å². The second-order valence-electron chi connectivity index (χ2n) is 9.71. The lowest BCUT2D eigenvalue weighted by atomic mass is 10.0. The van der Waals surface area contributed by atoms with Crippen LogP contribution in [0.15, 0.2) is 42.5 Å². The molecule has 0 aliphatic carbocycles. The van der Waals surface area contributed by atoms with Gasteiger partial charge in [-0.2, -0.15) is 0 Å². The minimum atomic E-state index is -3.02. The molecule has 0 radical (unpaired) electrons. The van der Waals surface area contributed by atoms with Gasteiger partial charge in [0.2, 0.25) is 17.7 Å². The molecule has 3 rings (SSSR count). The van der Waals surface area contributed by atoms with E-state index in [1.165, 1.54) is 11.3 Å². The molecule has 0 spiro atoms. The van der Waals surface area contributed by atoms with Gasteiger partial charge in [0.25, 0.3) is 0 Å². The molecule has 13 heteroatoms. The highest BCUT2D eigenvalue weighted by molar-refractivity contribution is 7.91. The van der Waals surface area contributed by atoms with Gasteiger partial charge in [0.05, 0.1) is 32.8 Å². The number of rotatable bonds is 13. The van der Waals surface area contributed by atoms with E-state index in [-0.39, 0.29) is 49.3 Å². The van der Waals surface area contributed by atoms with Crippen LogP contribution < -0.4 is 16.0 Å². The Kier molecular flexibility index (Phi) is 11.3. The molecule has 2 heterocycles. The second kappa shape index (κ2) is 14.2. The molecule has 1 aromatic carbocycles. The van der Waals surface area contributed by atoms with Gasteiger partial charge in [-0.25, -0.2) is 13.4 Å². The first-order chi connectivity index (χ1) is 18.9. The summed E-state index contributed by atoms with van der Waals surface area (Å²) in [7, 11) is -3.02. The van der Waals surface area contributed by atoms with E-state index in [2.05, 4.69) is 34.1 Å². The highest BCUT2D eigenvalue weighted by Crippen LogP contribution is 2.26. The van der Waals surface area contributed by atoms with Gasteiger partial charge in [0.1, 0.15) is 6.04 Å². The number of hydrogen-bond donors (Lipinski definition) is 3. The zero-order valence-corrected chi connectivity index (χ0v) is 25.2. The Balaban J connectivity index is 1.64. The van der Waals surface area contributed by atoms with Crippen LogP contribution in [-0.4, -0.2) is 85.8 Å². The molecule has 2 atom stereocenters. The third-order valence-electron chi connectivity index (χ3n) is 6.65. The molecule has 3 N–H and O–H groups in total. The molecule has 1 fully saturated rings. The minimum Gasteiger partial charge on any atom is -0.350 e. The fourth-order valence-corrected chi connectivity index (χ4v) is 6.67. The number of carbonyl (C=O) groups is 3. The first kappa shape index (κ1) is 31.7. The quantitative estimate of drug-likeness (QED) is 0.234. The SMILES string of the molecule is C=C(CN1CCS(=O)(=O)CC1)C(=O)NC[C@@H](NC(=O)[C@H](Cc1nc2ccc(Cl)cc2s1)NC(=O)CC)C(=C)CC. The predicted octanol–water partition coefficient (Wildman–Crippen LogP) is 2.24. The minimum absolute atomic E-state index is 0.0623. The lowest BCUT2D eigenvalue weighted by molar-refractivity contribution is -0.129. The molecule has 3 amide bonds. The fourth-order valence-electron chi connectivity index (χ4n) is 4.10. The zero-order valence-electron chi connectivity index (χ0n) is 22.8. The zero-order chi connectivity index (χ0) is 29.4. The number of nitrogens with zero attached hydrogens (tertiary/aromatic N) is 2. The van der Waals surface area contributed by atoms with Crippen molar-refractivity contribution in [2.75, 3.05) is 37.7 Å². The van der Waals surface area contributed by atoms with Crippen molar-refractivity contribution in [2.24, 2.45) is 0 Å². The molecule has 10 nitrogen and oxygen atoms in total. The van der Waals surface area contributed by atoms with Gasteiger partial charge in [-0.05, 0) is 24.6 Å². The van der Waals surface area contributed by atoms with Crippen LogP contribution in [0.5, 0.6) is 0 Å².